The van der Waals surface area contributed by atoms with E-state index in [2.05, 4.69) is 5.32 Å². The molecule has 0 aliphatic carbocycles. The summed E-state index contributed by atoms with van der Waals surface area (Å²) in [4.78, 5) is 27.4. The number of hydrogen-bond acceptors (Lipinski definition) is 2. The normalized spacial score (nSPS) is 13.0. The molecule has 5 heteroatoms. The molecule has 140 valence electrons. The molecule has 0 saturated heterocycles. The van der Waals surface area contributed by atoms with Gasteiger partial charge in [-0.3, -0.25) is 9.59 Å². The lowest BCUT2D eigenvalue weighted by Gasteiger charge is -2.29. The van der Waals surface area contributed by atoms with Crippen LogP contribution in [0, 0.1) is 5.82 Å². The van der Waals surface area contributed by atoms with E-state index < -0.39 is 5.82 Å². The molecule has 0 fully saturated rings. The summed E-state index contributed by atoms with van der Waals surface area (Å²) < 4.78 is 13.3. The highest BCUT2D eigenvalue weighted by molar-refractivity contribution is 6.10. The molecular weight excluding hydrogens is 355 g/mol. The first-order chi connectivity index (χ1) is 13.6. The largest absolute Gasteiger partial charge is 0.322 e. The predicted molar refractivity (Wildman–Crippen MR) is 107 cm³/mol. The molecule has 1 heterocycles. The average Bonchev–Trinajstić information content (AvgIpc) is 2.73. The summed E-state index contributed by atoms with van der Waals surface area (Å²) in [5, 5.41) is 2.66. The molecule has 0 aromatic heterocycles. The first-order valence-electron chi connectivity index (χ1n) is 9.18. The molecule has 0 radical (unpaired) electrons. The SMILES string of the molecule is O=C(Nc1cccc(F)c1)c1cccc(C(=O)N2CCCc3ccccc32)c1. The standard InChI is InChI=1S/C23H19FN2O2/c24-19-10-4-11-20(15-19)25-22(27)17-7-3-8-18(14-17)23(28)26-13-5-9-16-6-1-2-12-21(16)26/h1-4,6-8,10-12,14-15H,5,9,13H2,(H,25,27). The Hall–Kier alpha value is -3.47. The first-order valence-corrected chi connectivity index (χ1v) is 9.18. The van der Waals surface area contributed by atoms with Gasteiger partial charge < -0.3 is 10.2 Å². The van der Waals surface area contributed by atoms with Gasteiger partial charge in [-0.15, -0.1) is 0 Å². The third-order valence-corrected chi connectivity index (χ3v) is 4.81. The number of aryl methyl sites for hydroxylation is 1. The maximum atomic E-state index is 13.3. The van der Waals surface area contributed by atoms with Gasteiger partial charge in [-0.05, 0) is 60.9 Å². The molecule has 0 bridgehead atoms. The van der Waals surface area contributed by atoms with Crippen LogP contribution in [0.5, 0.6) is 0 Å². The Balaban J connectivity index is 1.57. The summed E-state index contributed by atoms with van der Waals surface area (Å²) in [5.74, 6) is -0.947. The Bertz CT molecular complexity index is 1050. The van der Waals surface area contributed by atoms with Gasteiger partial charge in [0, 0.05) is 29.0 Å². The van der Waals surface area contributed by atoms with Crippen LogP contribution in [0.25, 0.3) is 0 Å². The van der Waals surface area contributed by atoms with Crippen molar-refractivity contribution in [1.29, 1.82) is 0 Å². The molecule has 3 aromatic rings. The number of anilines is 2. The average molecular weight is 374 g/mol. The molecule has 3 aromatic carbocycles. The van der Waals surface area contributed by atoms with Crippen molar-refractivity contribution in [2.24, 2.45) is 0 Å². The number of fused-ring (bicyclic) bond motifs is 1. The highest BCUT2D eigenvalue weighted by atomic mass is 19.1. The van der Waals surface area contributed by atoms with E-state index in [1.54, 1.807) is 35.2 Å². The molecule has 1 aliphatic rings. The van der Waals surface area contributed by atoms with Crippen molar-refractivity contribution in [2.45, 2.75) is 12.8 Å². The maximum Gasteiger partial charge on any atom is 0.258 e. The summed E-state index contributed by atoms with van der Waals surface area (Å²) in [5.41, 5.74) is 3.24. The lowest BCUT2D eigenvalue weighted by atomic mass is 10.0. The Morgan fingerprint density at radius 3 is 2.54 bits per heavy atom. The van der Waals surface area contributed by atoms with Crippen LogP contribution in [0.4, 0.5) is 15.8 Å². The minimum Gasteiger partial charge on any atom is -0.322 e. The summed E-state index contributed by atoms with van der Waals surface area (Å²) in [6.07, 6.45) is 1.86. The van der Waals surface area contributed by atoms with Crippen molar-refractivity contribution in [3.63, 3.8) is 0 Å². The lowest BCUT2D eigenvalue weighted by molar-refractivity contribution is 0.0985. The number of amides is 2. The van der Waals surface area contributed by atoms with Gasteiger partial charge in [0.05, 0.1) is 0 Å². The zero-order chi connectivity index (χ0) is 19.5. The van der Waals surface area contributed by atoms with E-state index in [0.717, 1.165) is 24.1 Å². The number of benzene rings is 3. The van der Waals surface area contributed by atoms with Gasteiger partial charge in [0.25, 0.3) is 11.8 Å². The second-order valence-electron chi connectivity index (χ2n) is 6.73. The number of para-hydroxylation sites is 1. The molecular formula is C23H19FN2O2. The van der Waals surface area contributed by atoms with Crippen LogP contribution in [0.1, 0.15) is 32.7 Å². The molecule has 0 atom stereocenters. The van der Waals surface area contributed by atoms with Crippen molar-refractivity contribution in [1.82, 2.24) is 0 Å². The topological polar surface area (TPSA) is 49.4 Å². The van der Waals surface area contributed by atoms with Crippen molar-refractivity contribution < 1.29 is 14.0 Å². The molecule has 4 rings (SSSR count). The van der Waals surface area contributed by atoms with Gasteiger partial charge in [-0.25, -0.2) is 4.39 Å². The van der Waals surface area contributed by atoms with Crippen LogP contribution in [-0.2, 0) is 6.42 Å². The van der Waals surface area contributed by atoms with Crippen LogP contribution in [-0.4, -0.2) is 18.4 Å². The van der Waals surface area contributed by atoms with Gasteiger partial charge in [0.2, 0.25) is 0 Å². The van der Waals surface area contributed by atoms with Crippen LogP contribution in [0.2, 0.25) is 0 Å². The Labute approximate surface area is 162 Å². The fraction of sp³-hybridized carbons (Fsp3) is 0.130. The van der Waals surface area contributed by atoms with Crippen LogP contribution < -0.4 is 10.2 Å². The molecule has 0 spiro atoms. The van der Waals surface area contributed by atoms with Crippen molar-refractivity contribution in [3.8, 4) is 0 Å². The van der Waals surface area contributed by atoms with Gasteiger partial charge in [-0.2, -0.15) is 0 Å². The van der Waals surface area contributed by atoms with Gasteiger partial charge >= 0.3 is 0 Å². The summed E-state index contributed by atoms with van der Waals surface area (Å²) in [7, 11) is 0. The lowest BCUT2D eigenvalue weighted by Crippen LogP contribution is -2.35. The number of nitrogens with one attached hydrogen (secondary N) is 1. The molecule has 1 aliphatic heterocycles. The fourth-order valence-electron chi connectivity index (χ4n) is 3.46. The summed E-state index contributed by atoms with van der Waals surface area (Å²) in [6, 6.07) is 20.2. The molecule has 2 amide bonds. The highest BCUT2D eigenvalue weighted by Crippen LogP contribution is 2.28. The second-order valence-corrected chi connectivity index (χ2v) is 6.73. The zero-order valence-corrected chi connectivity index (χ0v) is 15.2. The fourth-order valence-corrected chi connectivity index (χ4v) is 3.46. The number of hydrogen-bond donors (Lipinski definition) is 1. The first kappa shape index (κ1) is 17.9. The van der Waals surface area contributed by atoms with E-state index in [4.69, 9.17) is 0 Å². The number of halogens is 1. The predicted octanol–water partition coefficient (Wildman–Crippen LogP) is 4.67. The van der Waals surface area contributed by atoms with Crippen LogP contribution in [0.3, 0.4) is 0 Å². The minimum absolute atomic E-state index is 0.132. The quantitative estimate of drug-likeness (QED) is 0.724. The van der Waals surface area contributed by atoms with E-state index in [9.17, 15) is 14.0 Å². The maximum absolute atomic E-state index is 13.3. The van der Waals surface area contributed by atoms with E-state index in [1.165, 1.54) is 18.2 Å². The Morgan fingerprint density at radius 2 is 1.68 bits per heavy atom. The number of carbonyl (C=O) groups excluding carboxylic acids is 2. The van der Waals surface area contributed by atoms with Gasteiger partial charge in [0.1, 0.15) is 5.82 Å². The van der Waals surface area contributed by atoms with Crippen molar-refractivity contribution >= 4 is 23.2 Å². The van der Waals surface area contributed by atoms with E-state index in [1.807, 2.05) is 24.3 Å². The van der Waals surface area contributed by atoms with E-state index in [0.29, 0.717) is 23.4 Å². The highest BCUT2D eigenvalue weighted by Gasteiger charge is 2.23. The second kappa shape index (κ2) is 7.64. The Morgan fingerprint density at radius 1 is 0.893 bits per heavy atom. The van der Waals surface area contributed by atoms with Crippen molar-refractivity contribution in [3.05, 3.63) is 95.3 Å². The summed E-state index contributed by atoms with van der Waals surface area (Å²) in [6.45, 7) is 0.648. The van der Waals surface area contributed by atoms with Crippen LogP contribution in [0.15, 0.2) is 72.8 Å². The molecule has 1 N–H and O–H groups in total. The number of carbonyl (C=O) groups is 2. The third kappa shape index (κ3) is 3.64. The number of rotatable bonds is 3. The Kier molecular flexibility index (Phi) is 4.89. The smallest absolute Gasteiger partial charge is 0.258 e. The van der Waals surface area contributed by atoms with E-state index >= 15 is 0 Å². The van der Waals surface area contributed by atoms with E-state index in [-0.39, 0.29) is 11.8 Å². The molecule has 4 nitrogen and oxygen atoms in total. The molecule has 0 unspecified atom stereocenters. The molecule has 0 saturated carbocycles. The minimum atomic E-state index is -0.425. The third-order valence-electron chi connectivity index (χ3n) is 4.81. The van der Waals surface area contributed by atoms with Crippen molar-refractivity contribution in [2.75, 3.05) is 16.8 Å². The van der Waals surface area contributed by atoms with Gasteiger partial charge in [-0.1, -0.05) is 30.3 Å². The van der Waals surface area contributed by atoms with Crippen LogP contribution >= 0.6 is 0 Å². The number of nitrogens with zero attached hydrogens (tertiary/aromatic N) is 1. The van der Waals surface area contributed by atoms with Gasteiger partial charge in [0.15, 0.2) is 0 Å². The monoisotopic (exact) mass is 374 g/mol. The zero-order valence-electron chi connectivity index (χ0n) is 15.2. The molecule has 28 heavy (non-hydrogen) atoms. The summed E-state index contributed by atoms with van der Waals surface area (Å²) >= 11 is 0.